The topological polar surface area (TPSA) is 168 Å². The molecule has 0 saturated carbocycles. The van der Waals surface area contributed by atoms with Crippen molar-refractivity contribution >= 4 is 23.9 Å². The molecule has 0 aromatic heterocycles. The van der Waals surface area contributed by atoms with Crippen LogP contribution in [-0.2, 0) is 28.7 Å². The highest BCUT2D eigenvalue weighted by molar-refractivity contribution is 5.85. The van der Waals surface area contributed by atoms with Crippen LogP contribution < -0.4 is 0 Å². The van der Waals surface area contributed by atoms with Crippen molar-refractivity contribution in [2.45, 2.75) is 47.3 Å². The van der Waals surface area contributed by atoms with E-state index in [2.05, 4.69) is 26.3 Å². The zero-order chi connectivity index (χ0) is 26.3. The molecule has 0 aliphatic rings. The van der Waals surface area contributed by atoms with Crippen molar-refractivity contribution in [2.75, 3.05) is 14.2 Å². The van der Waals surface area contributed by atoms with Gasteiger partial charge in [0, 0.05) is 36.5 Å². The lowest BCUT2D eigenvalue weighted by molar-refractivity contribution is -0.133. The van der Waals surface area contributed by atoms with Gasteiger partial charge in [-0.25, -0.2) is 19.2 Å². The number of rotatable bonds is 7. The van der Waals surface area contributed by atoms with Gasteiger partial charge in [-0.1, -0.05) is 33.2 Å². The standard InChI is InChI=1S/C5H12O2.4C4H6O2/c1-4-5(6-2)7-3;4*1-3(2)4(5)6/h5H,4H2,1-3H3;4*1H2,2H3,(H,5,6). The third-order valence-electron chi connectivity index (χ3n) is 2.32. The summed E-state index contributed by atoms with van der Waals surface area (Å²) in [5.41, 5.74) is 0.704. The number of ether oxygens (including phenoxy) is 2. The molecule has 0 fully saturated rings. The Kier molecular flexibility index (Phi) is 30.7. The van der Waals surface area contributed by atoms with E-state index in [0.717, 1.165) is 6.42 Å². The molecule has 4 N–H and O–H groups in total. The van der Waals surface area contributed by atoms with E-state index >= 15 is 0 Å². The van der Waals surface area contributed by atoms with Gasteiger partial charge in [0.25, 0.3) is 0 Å². The maximum atomic E-state index is 9.60. The van der Waals surface area contributed by atoms with E-state index in [4.69, 9.17) is 29.9 Å². The Labute approximate surface area is 183 Å². The van der Waals surface area contributed by atoms with Crippen LogP contribution >= 0.6 is 0 Å². The van der Waals surface area contributed by atoms with E-state index in [1.807, 2.05) is 6.92 Å². The molecule has 10 heteroatoms. The predicted octanol–water partition coefficient (Wildman–Crippen LogP) is 3.60. The van der Waals surface area contributed by atoms with Gasteiger partial charge in [-0.15, -0.1) is 0 Å². The first kappa shape index (κ1) is 38.4. The van der Waals surface area contributed by atoms with Gasteiger partial charge in [0.15, 0.2) is 6.29 Å². The predicted molar refractivity (Wildman–Crippen MR) is 118 cm³/mol. The Morgan fingerprint density at radius 2 is 0.742 bits per heavy atom. The largest absolute Gasteiger partial charge is 0.478 e. The van der Waals surface area contributed by atoms with Gasteiger partial charge in [0.05, 0.1) is 0 Å². The maximum Gasteiger partial charge on any atom is 0.330 e. The third-order valence-corrected chi connectivity index (χ3v) is 2.32. The van der Waals surface area contributed by atoms with Crippen molar-refractivity contribution in [1.82, 2.24) is 0 Å². The number of carboxylic acid groups (broad SMARTS) is 4. The smallest absolute Gasteiger partial charge is 0.330 e. The molecule has 0 aromatic carbocycles. The van der Waals surface area contributed by atoms with Crippen LogP contribution in [0, 0.1) is 0 Å². The summed E-state index contributed by atoms with van der Waals surface area (Å²) in [5, 5.41) is 31.6. The average molecular weight is 449 g/mol. The first-order valence-electron chi connectivity index (χ1n) is 8.53. The number of hydrogen-bond donors (Lipinski definition) is 4. The maximum absolute atomic E-state index is 9.60. The monoisotopic (exact) mass is 448 g/mol. The SMILES string of the molecule is C=C(C)C(=O)O.C=C(C)C(=O)O.C=C(C)C(=O)O.C=C(C)C(=O)O.CCC(OC)OC. The molecular weight excluding hydrogens is 412 g/mol. The normalized spacial score (nSPS) is 8.13. The van der Waals surface area contributed by atoms with Crippen molar-refractivity contribution < 1.29 is 49.1 Å². The molecule has 0 heterocycles. The number of carbonyl (C=O) groups is 4. The summed E-state index contributed by atoms with van der Waals surface area (Å²) in [6.45, 7) is 20.4. The second kappa shape index (κ2) is 24.8. The second-order valence-electron chi connectivity index (χ2n) is 5.65. The van der Waals surface area contributed by atoms with Gasteiger partial charge in [0.1, 0.15) is 0 Å². The quantitative estimate of drug-likeness (QED) is 0.333. The van der Waals surface area contributed by atoms with E-state index in [9.17, 15) is 19.2 Å². The Bertz CT molecular complexity index is 464. The molecule has 10 nitrogen and oxygen atoms in total. The first-order chi connectivity index (χ1) is 13.9. The Morgan fingerprint density at radius 1 is 0.613 bits per heavy atom. The minimum atomic E-state index is -0.935. The van der Waals surface area contributed by atoms with Gasteiger partial charge >= 0.3 is 23.9 Å². The zero-order valence-electron chi connectivity index (χ0n) is 19.4. The van der Waals surface area contributed by atoms with Crippen LogP contribution in [0.3, 0.4) is 0 Å². The molecule has 0 amide bonds. The molecule has 0 spiro atoms. The summed E-state index contributed by atoms with van der Waals surface area (Å²) in [7, 11) is 3.27. The lowest BCUT2D eigenvalue weighted by Crippen LogP contribution is -2.10. The summed E-state index contributed by atoms with van der Waals surface area (Å²) in [4.78, 5) is 38.4. The van der Waals surface area contributed by atoms with E-state index < -0.39 is 23.9 Å². The zero-order valence-corrected chi connectivity index (χ0v) is 19.4. The van der Waals surface area contributed by atoms with Crippen molar-refractivity contribution in [3.8, 4) is 0 Å². The first-order valence-corrected chi connectivity index (χ1v) is 8.53. The molecule has 0 unspecified atom stereocenters. The second-order valence-corrected chi connectivity index (χ2v) is 5.65. The molecule has 31 heavy (non-hydrogen) atoms. The van der Waals surface area contributed by atoms with E-state index in [1.165, 1.54) is 27.7 Å². The minimum absolute atomic E-state index is 0.0139. The molecule has 0 bridgehead atoms. The fraction of sp³-hybridized carbons (Fsp3) is 0.429. The van der Waals surface area contributed by atoms with Crippen LogP contribution in [0.2, 0.25) is 0 Å². The van der Waals surface area contributed by atoms with Gasteiger partial charge in [-0.2, -0.15) is 0 Å². The average Bonchev–Trinajstić information content (AvgIpc) is 2.64. The molecule has 180 valence electrons. The lowest BCUT2D eigenvalue weighted by atomic mass is 10.4. The Balaban J connectivity index is -0.0000000910. The van der Waals surface area contributed by atoms with Crippen molar-refractivity contribution in [1.29, 1.82) is 0 Å². The van der Waals surface area contributed by atoms with Gasteiger partial charge in [0.2, 0.25) is 0 Å². The van der Waals surface area contributed by atoms with Crippen LogP contribution in [0.25, 0.3) is 0 Å². The molecule has 0 rings (SSSR count). The number of hydrogen-bond acceptors (Lipinski definition) is 6. The number of carboxylic acids is 4. The van der Waals surface area contributed by atoms with Crippen LogP contribution in [0.1, 0.15) is 41.0 Å². The fourth-order valence-corrected chi connectivity index (χ4v) is 0.430. The summed E-state index contributed by atoms with van der Waals surface area (Å²) >= 11 is 0. The third kappa shape index (κ3) is 46.6. The summed E-state index contributed by atoms with van der Waals surface area (Å²) in [5.74, 6) is -3.74. The molecule has 0 saturated heterocycles. The number of aliphatic carboxylic acids is 4. The molecular formula is C21H36O10. The van der Waals surface area contributed by atoms with Gasteiger partial charge in [-0.3, -0.25) is 0 Å². The van der Waals surface area contributed by atoms with Gasteiger partial charge < -0.3 is 29.9 Å². The highest BCUT2D eigenvalue weighted by Gasteiger charge is 1.96. The van der Waals surface area contributed by atoms with Crippen LogP contribution in [-0.4, -0.2) is 64.8 Å². The van der Waals surface area contributed by atoms with E-state index in [0.29, 0.717) is 0 Å². The Morgan fingerprint density at radius 3 is 0.742 bits per heavy atom. The highest BCUT2D eigenvalue weighted by atomic mass is 16.7. The van der Waals surface area contributed by atoms with Crippen LogP contribution in [0.4, 0.5) is 0 Å². The van der Waals surface area contributed by atoms with E-state index in [-0.39, 0.29) is 28.6 Å². The van der Waals surface area contributed by atoms with Crippen molar-refractivity contribution in [3.05, 3.63) is 48.6 Å². The molecule has 0 aromatic rings. The Hall–Kier alpha value is -3.24. The summed E-state index contributed by atoms with van der Waals surface area (Å²) < 4.78 is 9.65. The molecule has 0 radical (unpaired) electrons. The number of methoxy groups -OCH3 is 2. The van der Waals surface area contributed by atoms with Crippen molar-refractivity contribution in [2.24, 2.45) is 0 Å². The summed E-state index contributed by atoms with van der Waals surface area (Å²) in [6.07, 6.45) is 0.896. The molecule has 0 atom stereocenters. The van der Waals surface area contributed by atoms with E-state index in [1.54, 1.807) is 14.2 Å². The van der Waals surface area contributed by atoms with Gasteiger partial charge in [-0.05, 0) is 34.1 Å². The fourth-order valence-electron chi connectivity index (χ4n) is 0.430. The molecule has 0 aliphatic heterocycles. The van der Waals surface area contributed by atoms with Crippen LogP contribution in [0.15, 0.2) is 48.6 Å². The van der Waals surface area contributed by atoms with Crippen molar-refractivity contribution in [3.63, 3.8) is 0 Å². The lowest BCUT2D eigenvalue weighted by Gasteiger charge is -2.08. The minimum Gasteiger partial charge on any atom is -0.478 e. The highest BCUT2D eigenvalue weighted by Crippen LogP contribution is 1.93. The molecule has 0 aliphatic carbocycles. The summed E-state index contributed by atoms with van der Waals surface area (Å²) in [6, 6.07) is 0. The van der Waals surface area contributed by atoms with Crippen LogP contribution in [0.5, 0.6) is 0 Å².